The van der Waals surface area contributed by atoms with E-state index in [-0.39, 0.29) is 5.41 Å². The van der Waals surface area contributed by atoms with Crippen LogP contribution in [0.3, 0.4) is 0 Å². The lowest BCUT2D eigenvalue weighted by Crippen LogP contribution is -2.20. The highest BCUT2D eigenvalue weighted by molar-refractivity contribution is 8.03. The van der Waals surface area contributed by atoms with Crippen LogP contribution in [0.4, 0.5) is 0 Å². The minimum Gasteiger partial charge on any atom is -0.131 e. The molecule has 0 atom stereocenters. The van der Waals surface area contributed by atoms with Crippen molar-refractivity contribution in [2.45, 2.75) is 74.7 Å². The largest absolute Gasteiger partial charge is 0.131 e. The van der Waals surface area contributed by atoms with Gasteiger partial charge in [0.25, 0.3) is 0 Å². The molecule has 0 rings (SSSR count). The summed E-state index contributed by atoms with van der Waals surface area (Å²) in [5.74, 6) is 1.21. The molecule has 0 saturated heterocycles. The van der Waals surface area contributed by atoms with Crippen LogP contribution in [0.1, 0.15) is 74.7 Å². The van der Waals surface area contributed by atoms with E-state index in [2.05, 4.69) is 62.0 Å². The average molecular weight is 271 g/mol. The van der Waals surface area contributed by atoms with E-state index >= 15 is 0 Å². The normalized spacial score (nSPS) is 13.8. The molecule has 0 radical (unpaired) electrons. The van der Waals surface area contributed by atoms with E-state index in [0.29, 0.717) is 10.8 Å². The van der Waals surface area contributed by atoms with Gasteiger partial charge in [-0.3, -0.25) is 0 Å². The maximum atomic E-state index is 4.18. The minimum absolute atomic E-state index is 0.242. The van der Waals surface area contributed by atoms with Gasteiger partial charge in [-0.25, -0.2) is 0 Å². The van der Waals surface area contributed by atoms with Crippen molar-refractivity contribution in [3.8, 4) is 0 Å². The predicted molar refractivity (Wildman–Crippen MR) is 88.1 cm³/mol. The molecule has 0 aliphatic rings. The molecule has 0 aromatic heterocycles. The Bertz CT molecular complexity index is 260. The Morgan fingerprint density at radius 3 is 1.83 bits per heavy atom. The SMILES string of the molecule is C=C(SCCCC(C)(C)CC(C)(C)C)C(C)(C)C. The fourth-order valence-electron chi connectivity index (χ4n) is 2.49. The van der Waals surface area contributed by atoms with Crippen LogP contribution >= 0.6 is 11.8 Å². The van der Waals surface area contributed by atoms with E-state index in [4.69, 9.17) is 0 Å². The van der Waals surface area contributed by atoms with E-state index in [1.807, 2.05) is 11.8 Å². The first kappa shape index (κ1) is 18.1. The van der Waals surface area contributed by atoms with E-state index in [9.17, 15) is 0 Å². The zero-order valence-electron chi connectivity index (χ0n) is 13.9. The van der Waals surface area contributed by atoms with Crippen molar-refractivity contribution in [3.63, 3.8) is 0 Å². The standard InChI is InChI=1S/C17H34S/c1-14(16(5,6)7)18-12-10-11-17(8,9)13-15(2,3)4/h1,10-13H2,2-9H3. The van der Waals surface area contributed by atoms with Crippen LogP contribution in [0.2, 0.25) is 0 Å². The summed E-state index contributed by atoms with van der Waals surface area (Å²) in [7, 11) is 0. The molecule has 0 heterocycles. The van der Waals surface area contributed by atoms with Gasteiger partial charge in [-0.1, -0.05) is 62.0 Å². The Hall–Kier alpha value is 0.0900. The number of thioether (sulfide) groups is 1. The smallest absolute Gasteiger partial charge is 0.00230 e. The van der Waals surface area contributed by atoms with Crippen LogP contribution in [-0.4, -0.2) is 5.75 Å². The molecule has 0 fully saturated rings. The summed E-state index contributed by atoms with van der Waals surface area (Å²) >= 11 is 1.95. The lowest BCUT2D eigenvalue weighted by molar-refractivity contribution is 0.198. The fraction of sp³-hybridized carbons (Fsp3) is 0.882. The Morgan fingerprint density at radius 1 is 0.944 bits per heavy atom. The highest BCUT2D eigenvalue weighted by Gasteiger charge is 2.25. The highest BCUT2D eigenvalue weighted by Crippen LogP contribution is 2.38. The molecule has 0 saturated carbocycles. The topological polar surface area (TPSA) is 0 Å². The lowest BCUT2D eigenvalue weighted by Gasteiger charge is -2.32. The van der Waals surface area contributed by atoms with E-state index in [1.165, 1.54) is 29.9 Å². The molecule has 0 nitrogen and oxygen atoms in total. The van der Waals surface area contributed by atoms with Crippen molar-refractivity contribution in [2.24, 2.45) is 16.2 Å². The first-order valence-corrected chi connectivity index (χ1v) is 8.14. The maximum Gasteiger partial charge on any atom is -0.00230 e. The van der Waals surface area contributed by atoms with Crippen LogP contribution in [-0.2, 0) is 0 Å². The molecular weight excluding hydrogens is 236 g/mol. The van der Waals surface area contributed by atoms with E-state index in [0.717, 1.165) is 0 Å². The molecular formula is C17H34S. The second-order valence-electron chi connectivity index (χ2n) is 8.53. The van der Waals surface area contributed by atoms with Gasteiger partial charge in [-0.15, -0.1) is 11.8 Å². The zero-order chi connectivity index (χ0) is 14.6. The molecule has 18 heavy (non-hydrogen) atoms. The molecule has 1 heteroatoms. The van der Waals surface area contributed by atoms with E-state index < -0.39 is 0 Å². The number of rotatable bonds is 6. The van der Waals surface area contributed by atoms with Gasteiger partial charge in [-0.05, 0) is 46.2 Å². The zero-order valence-corrected chi connectivity index (χ0v) is 14.8. The van der Waals surface area contributed by atoms with Crippen molar-refractivity contribution in [1.29, 1.82) is 0 Å². The molecule has 0 bridgehead atoms. The summed E-state index contributed by atoms with van der Waals surface area (Å²) < 4.78 is 0. The van der Waals surface area contributed by atoms with Crippen molar-refractivity contribution in [1.82, 2.24) is 0 Å². The number of hydrogen-bond acceptors (Lipinski definition) is 1. The second-order valence-corrected chi connectivity index (χ2v) is 9.72. The van der Waals surface area contributed by atoms with Crippen LogP contribution in [0.25, 0.3) is 0 Å². The lowest BCUT2D eigenvalue weighted by atomic mass is 9.74. The van der Waals surface area contributed by atoms with Crippen molar-refractivity contribution >= 4 is 11.8 Å². The van der Waals surface area contributed by atoms with Crippen molar-refractivity contribution in [2.75, 3.05) is 5.75 Å². The summed E-state index contributed by atoms with van der Waals surface area (Å²) in [6.07, 6.45) is 3.91. The fourth-order valence-corrected chi connectivity index (χ4v) is 3.45. The second kappa shape index (κ2) is 6.50. The highest BCUT2D eigenvalue weighted by atomic mass is 32.2. The van der Waals surface area contributed by atoms with Gasteiger partial charge in [0.1, 0.15) is 0 Å². The summed E-state index contributed by atoms with van der Waals surface area (Å²) in [4.78, 5) is 1.32. The molecule has 0 unspecified atom stereocenters. The maximum absolute atomic E-state index is 4.18. The van der Waals surface area contributed by atoms with Crippen LogP contribution in [0, 0.1) is 16.2 Å². The third-order valence-corrected chi connectivity index (χ3v) is 4.57. The molecule has 108 valence electrons. The monoisotopic (exact) mass is 270 g/mol. The Kier molecular flexibility index (Phi) is 6.53. The Labute approximate surface area is 120 Å². The molecule has 0 aliphatic carbocycles. The summed E-state index contributed by atoms with van der Waals surface area (Å²) in [5, 5.41) is 0. The molecule has 0 aliphatic heterocycles. The quantitative estimate of drug-likeness (QED) is 0.495. The third-order valence-electron chi connectivity index (χ3n) is 3.12. The number of hydrogen-bond donors (Lipinski definition) is 0. The van der Waals surface area contributed by atoms with Gasteiger partial charge >= 0.3 is 0 Å². The summed E-state index contributed by atoms with van der Waals surface area (Å²) in [5.41, 5.74) is 1.14. The summed E-state index contributed by atoms with van der Waals surface area (Å²) in [6.45, 7) is 22.7. The van der Waals surface area contributed by atoms with Crippen molar-refractivity contribution in [3.05, 3.63) is 11.5 Å². The van der Waals surface area contributed by atoms with Gasteiger partial charge in [0.2, 0.25) is 0 Å². The van der Waals surface area contributed by atoms with Gasteiger partial charge in [0.05, 0.1) is 0 Å². The van der Waals surface area contributed by atoms with Gasteiger partial charge < -0.3 is 0 Å². The van der Waals surface area contributed by atoms with E-state index in [1.54, 1.807) is 0 Å². The molecule has 0 aromatic carbocycles. The minimum atomic E-state index is 0.242. The predicted octanol–water partition coefficient (Wildman–Crippen LogP) is 6.52. The Morgan fingerprint density at radius 2 is 1.44 bits per heavy atom. The first-order chi connectivity index (χ1) is 7.83. The average Bonchev–Trinajstić information content (AvgIpc) is 2.06. The summed E-state index contributed by atoms with van der Waals surface area (Å²) in [6, 6.07) is 0. The van der Waals surface area contributed by atoms with Gasteiger partial charge in [0.15, 0.2) is 0 Å². The van der Waals surface area contributed by atoms with Crippen molar-refractivity contribution < 1.29 is 0 Å². The van der Waals surface area contributed by atoms with Crippen LogP contribution in [0.15, 0.2) is 11.5 Å². The first-order valence-electron chi connectivity index (χ1n) is 7.16. The van der Waals surface area contributed by atoms with Crippen LogP contribution < -0.4 is 0 Å². The van der Waals surface area contributed by atoms with Gasteiger partial charge in [-0.2, -0.15) is 0 Å². The van der Waals surface area contributed by atoms with Gasteiger partial charge in [0, 0.05) is 0 Å². The number of allylic oxidation sites excluding steroid dienone is 1. The Balaban J connectivity index is 3.95. The molecule has 0 N–H and O–H groups in total. The molecule has 0 spiro atoms. The molecule has 0 aromatic rings. The molecule has 0 amide bonds. The third kappa shape index (κ3) is 9.08. The van der Waals surface area contributed by atoms with Crippen LogP contribution in [0.5, 0.6) is 0 Å².